The van der Waals surface area contributed by atoms with Crippen LogP contribution in [0.3, 0.4) is 0 Å². The molecule has 0 spiro atoms. The van der Waals surface area contributed by atoms with Gasteiger partial charge in [-0.3, -0.25) is 9.48 Å². The van der Waals surface area contributed by atoms with Gasteiger partial charge in [-0.05, 0) is 38.5 Å². The number of hydrogen-bond acceptors (Lipinski definition) is 2. The SMILES string of the molecule is CCC(C(=O)Nc1ccc(Cl)c(Cl)c1)n1nc(C)c(Cl)c1C. The molecule has 1 atom stereocenters. The van der Waals surface area contributed by atoms with E-state index >= 15 is 0 Å². The predicted octanol–water partition coefficient (Wildman–Crippen LogP) is 5.05. The highest BCUT2D eigenvalue weighted by Gasteiger charge is 2.23. The molecule has 22 heavy (non-hydrogen) atoms. The number of nitrogens with zero attached hydrogens (tertiary/aromatic N) is 2. The van der Waals surface area contributed by atoms with Crippen LogP contribution in [-0.2, 0) is 4.79 Å². The van der Waals surface area contributed by atoms with Crippen molar-refractivity contribution in [1.82, 2.24) is 9.78 Å². The molecule has 0 saturated heterocycles. The van der Waals surface area contributed by atoms with E-state index in [4.69, 9.17) is 34.8 Å². The molecule has 1 aromatic carbocycles. The van der Waals surface area contributed by atoms with Gasteiger partial charge in [0, 0.05) is 5.69 Å². The highest BCUT2D eigenvalue weighted by molar-refractivity contribution is 6.42. The van der Waals surface area contributed by atoms with E-state index in [0.29, 0.717) is 32.9 Å². The van der Waals surface area contributed by atoms with E-state index in [1.165, 1.54) is 0 Å². The van der Waals surface area contributed by atoms with Crippen LogP contribution in [0.1, 0.15) is 30.8 Å². The molecule has 1 amide bonds. The molecule has 7 heteroatoms. The zero-order valence-electron chi connectivity index (χ0n) is 12.5. The largest absolute Gasteiger partial charge is 0.324 e. The normalized spacial score (nSPS) is 12.3. The number of amides is 1. The minimum atomic E-state index is -0.444. The summed E-state index contributed by atoms with van der Waals surface area (Å²) in [6.07, 6.45) is 0.589. The Hall–Kier alpha value is -1.23. The number of carbonyl (C=O) groups is 1. The lowest BCUT2D eigenvalue weighted by molar-refractivity contribution is -0.119. The Morgan fingerprint density at radius 2 is 1.95 bits per heavy atom. The predicted molar refractivity (Wildman–Crippen MR) is 91.1 cm³/mol. The van der Waals surface area contributed by atoms with Gasteiger partial charge in [0.25, 0.3) is 0 Å². The Morgan fingerprint density at radius 3 is 2.45 bits per heavy atom. The van der Waals surface area contributed by atoms with Gasteiger partial charge >= 0.3 is 0 Å². The van der Waals surface area contributed by atoms with E-state index in [0.717, 1.165) is 5.69 Å². The average molecular weight is 361 g/mol. The highest BCUT2D eigenvalue weighted by Crippen LogP contribution is 2.27. The standard InChI is InChI=1S/C15H16Cl3N3O/c1-4-13(21-9(3)14(18)8(2)20-21)15(22)19-10-5-6-11(16)12(17)7-10/h5-7,13H,4H2,1-3H3,(H,19,22). The molecule has 0 bridgehead atoms. The molecule has 0 saturated carbocycles. The molecule has 1 N–H and O–H groups in total. The lowest BCUT2D eigenvalue weighted by Crippen LogP contribution is -2.27. The van der Waals surface area contributed by atoms with Gasteiger partial charge in [-0.1, -0.05) is 41.7 Å². The number of halogens is 3. The topological polar surface area (TPSA) is 46.9 Å². The van der Waals surface area contributed by atoms with Crippen LogP contribution in [0.4, 0.5) is 5.69 Å². The summed E-state index contributed by atoms with van der Waals surface area (Å²) < 4.78 is 1.66. The summed E-state index contributed by atoms with van der Waals surface area (Å²) in [6.45, 7) is 5.58. The molecule has 4 nitrogen and oxygen atoms in total. The van der Waals surface area contributed by atoms with Gasteiger partial charge in [0.15, 0.2) is 0 Å². The van der Waals surface area contributed by atoms with Gasteiger partial charge in [0.1, 0.15) is 6.04 Å². The molecule has 2 rings (SSSR count). The van der Waals surface area contributed by atoms with Crippen LogP contribution in [0.2, 0.25) is 15.1 Å². The lowest BCUT2D eigenvalue weighted by atomic mass is 10.2. The van der Waals surface area contributed by atoms with Crippen LogP contribution in [0, 0.1) is 13.8 Å². The van der Waals surface area contributed by atoms with Crippen molar-refractivity contribution in [2.75, 3.05) is 5.32 Å². The van der Waals surface area contributed by atoms with Crippen LogP contribution < -0.4 is 5.32 Å². The van der Waals surface area contributed by atoms with Gasteiger partial charge in [0.2, 0.25) is 5.91 Å². The van der Waals surface area contributed by atoms with E-state index in [1.54, 1.807) is 22.9 Å². The van der Waals surface area contributed by atoms with Crippen LogP contribution in [-0.4, -0.2) is 15.7 Å². The fourth-order valence-corrected chi connectivity index (χ4v) is 2.64. The first kappa shape index (κ1) is 17.1. The second-order valence-electron chi connectivity index (χ2n) is 4.97. The van der Waals surface area contributed by atoms with Crippen molar-refractivity contribution in [2.45, 2.75) is 33.2 Å². The van der Waals surface area contributed by atoms with Crippen LogP contribution in [0.15, 0.2) is 18.2 Å². The molecule has 118 valence electrons. The second-order valence-corrected chi connectivity index (χ2v) is 6.16. The summed E-state index contributed by atoms with van der Waals surface area (Å²) in [7, 11) is 0. The van der Waals surface area contributed by atoms with Crippen LogP contribution >= 0.6 is 34.8 Å². The monoisotopic (exact) mass is 359 g/mol. The fourth-order valence-electron chi connectivity index (χ4n) is 2.22. The van der Waals surface area contributed by atoms with Crippen molar-refractivity contribution in [3.05, 3.63) is 44.7 Å². The van der Waals surface area contributed by atoms with Gasteiger partial charge in [-0.2, -0.15) is 5.10 Å². The maximum absolute atomic E-state index is 12.5. The van der Waals surface area contributed by atoms with E-state index < -0.39 is 6.04 Å². The van der Waals surface area contributed by atoms with Crippen LogP contribution in [0.25, 0.3) is 0 Å². The quantitative estimate of drug-likeness (QED) is 0.829. The summed E-state index contributed by atoms with van der Waals surface area (Å²) in [4.78, 5) is 12.5. The second kappa shape index (κ2) is 6.90. The number of benzene rings is 1. The molecule has 2 aromatic rings. The first-order valence-corrected chi connectivity index (χ1v) is 7.95. The molecule has 1 aromatic heterocycles. The summed E-state index contributed by atoms with van der Waals surface area (Å²) in [5.74, 6) is -0.178. The smallest absolute Gasteiger partial charge is 0.249 e. The minimum Gasteiger partial charge on any atom is -0.324 e. The highest BCUT2D eigenvalue weighted by atomic mass is 35.5. The van der Waals surface area contributed by atoms with E-state index in [1.807, 2.05) is 20.8 Å². The van der Waals surface area contributed by atoms with Crippen molar-refractivity contribution in [2.24, 2.45) is 0 Å². The van der Waals surface area contributed by atoms with Gasteiger partial charge in [-0.25, -0.2) is 0 Å². The Bertz CT molecular complexity index is 712. The third kappa shape index (κ3) is 3.40. The molecule has 0 aliphatic heterocycles. The fraction of sp³-hybridized carbons (Fsp3) is 0.333. The number of aromatic nitrogens is 2. The zero-order chi connectivity index (χ0) is 16.4. The Kier molecular flexibility index (Phi) is 5.37. The minimum absolute atomic E-state index is 0.178. The van der Waals surface area contributed by atoms with E-state index in [9.17, 15) is 4.79 Å². The van der Waals surface area contributed by atoms with Crippen LogP contribution in [0.5, 0.6) is 0 Å². The number of carbonyl (C=O) groups excluding carboxylic acids is 1. The Morgan fingerprint density at radius 1 is 1.27 bits per heavy atom. The molecule has 0 fully saturated rings. The van der Waals surface area contributed by atoms with Gasteiger partial charge in [0.05, 0.1) is 26.5 Å². The van der Waals surface area contributed by atoms with Crippen molar-refractivity contribution in [3.8, 4) is 0 Å². The maximum Gasteiger partial charge on any atom is 0.249 e. The zero-order valence-corrected chi connectivity index (χ0v) is 14.7. The number of hydrogen-bond donors (Lipinski definition) is 1. The summed E-state index contributed by atoms with van der Waals surface area (Å²) in [5, 5.41) is 8.60. The lowest BCUT2D eigenvalue weighted by Gasteiger charge is -2.17. The summed E-state index contributed by atoms with van der Waals surface area (Å²) >= 11 is 18.0. The van der Waals surface area contributed by atoms with E-state index in [2.05, 4.69) is 10.4 Å². The Labute approximate surface area is 144 Å². The maximum atomic E-state index is 12.5. The summed E-state index contributed by atoms with van der Waals surface area (Å²) in [5.41, 5.74) is 2.07. The molecular formula is C15H16Cl3N3O. The first-order valence-electron chi connectivity index (χ1n) is 6.82. The number of aryl methyl sites for hydroxylation is 1. The van der Waals surface area contributed by atoms with Gasteiger partial charge < -0.3 is 5.32 Å². The third-order valence-electron chi connectivity index (χ3n) is 3.41. The average Bonchev–Trinajstić information content (AvgIpc) is 2.72. The molecule has 0 aliphatic carbocycles. The number of nitrogens with one attached hydrogen (secondary N) is 1. The van der Waals surface area contributed by atoms with Crippen molar-refractivity contribution in [1.29, 1.82) is 0 Å². The first-order chi connectivity index (χ1) is 10.3. The molecule has 1 heterocycles. The Balaban J connectivity index is 2.25. The van der Waals surface area contributed by atoms with Crippen molar-refractivity contribution in [3.63, 3.8) is 0 Å². The summed E-state index contributed by atoms with van der Waals surface area (Å²) in [6, 6.07) is 4.51. The molecule has 0 radical (unpaired) electrons. The van der Waals surface area contributed by atoms with Gasteiger partial charge in [-0.15, -0.1) is 0 Å². The van der Waals surface area contributed by atoms with Crippen molar-refractivity contribution < 1.29 is 4.79 Å². The molecular weight excluding hydrogens is 345 g/mol. The third-order valence-corrected chi connectivity index (χ3v) is 4.69. The number of rotatable bonds is 4. The molecule has 1 unspecified atom stereocenters. The van der Waals surface area contributed by atoms with Crippen molar-refractivity contribution >= 4 is 46.4 Å². The van der Waals surface area contributed by atoms with E-state index in [-0.39, 0.29) is 5.91 Å². The number of anilines is 1. The molecule has 0 aliphatic rings.